The molecule has 0 unspecified atom stereocenters. The second-order valence-corrected chi connectivity index (χ2v) is 3.76. The second kappa shape index (κ2) is 4.74. The number of aryl methyl sites for hydroxylation is 2. The van der Waals surface area contributed by atoms with Crippen LogP contribution in [-0.4, -0.2) is 25.8 Å². The molecule has 0 saturated carbocycles. The number of nitrogens with two attached hydrogens (primary N) is 1. The first-order chi connectivity index (χ1) is 8.54. The van der Waals surface area contributed by atoms with Crippen LogP contribution in [0.1, 0.15) is 21.9 Å². The van der Waals surface area contributed by atoms with Gasteiger partial charge in [0.25, 0.3) is 5.91 Å². The number of amides is 1. The minimum Gasteiger partial charge on any atom is -0.382 e. The average molecular weight is 244 g/mol. The topological polar surface area (TPSA) is 107 Å². The first-order valence-corrected chi connectivity index (χ1v) is 5.26. The molecule has 7 nitrogen and oxygen atoms in total. The maximum Gasteiger partial charge on any atom is 0.278 e. The lowest BCUT2D eigenvalue weighted by atomic mass is 10.3. The van der Waals surface area contributed by atoms with Gasteiger partial charge in [0, 0.05) is 11.4 Å². The number of nitrogen functional groups attached to an aromatic ring is 1. The quantitative estimate of drug-likeness (QED) is 0.806. The van der Waals surface area contributed by atoms with E-state index in [0.29, 0.717) is 0 Å². The number of nitrogens with zero attached hydrogens (tertiary/aromatic N) is 4. The van der Waals surface area contributed by atoms with E-state index in [2.05, 4.69) is 25.3 Å². The Morgan fingerprint density at radius 1 is 1.17 bits per heavy atom. The smallest absolute Gasteiger partial charge is 0.278 e. The van der Waals surface area contributed by atoms with E-state index in [1.54, 1.807) is 0 Å². The summed E-state index contributed by atoms with van der Waals surface area (Å²) in [5.41, 5.74) is 7.13. The third kappa shape index (κ3) is 2.76. The van der Waals surface area contributed by atoms with Crippen LogP contribution in [0.3, 0.4) is 0 Å². The van der Waals surface area contributed by atoms with Crippen molar-refractivity contribution in [1.29, 1.82) is 0 Å². The van der Waals surface area contributed by atoms with Crippen molar-refractivity contribution in [1.82, 2.24) is 19.9 Å². The SMILES string of the molecule is Cc1cc(C)nc(NC(=O)c2cncc(N)n2)n1. The van der Waals surface area contributed by atoms with Gasteiger partial charge in [-0.3, -0.25) is 15.1 Å². The molecule has 2 aromatic rings. The highest BCUT2D eigenvalue weighted by Gasteiger charge is 2.10. The summed E-state index contributed by atoms with van der Waals surface area (Å²) in [4.78, 5) is 27.7. The number of aromatic nitrogens is 4. The highest BCUT2D eigenvalue weighted by atomic mass is 16.2. The molecule has 0 radical (unpaired) electrons. The molecule has 0 bridgehead atoms. The Balaban J connectivity index is 2.21. The van der Waals surface area contributed by atoms with Crippen LogP contribution in [0.25, 0.3) is 0 Å². The molecule has 0 aromatic carbocycles. The normalized spacial score (nSPS) is 10.1. The van der Waals surface area contributed by atoms with Gasteiger partial charge in [-0.25, -0.2) is 15.0 Å². The summed E-state index contributed by atoms with van der Waals surface area (Å²) in [6.07, 6.45) is 2.69. The van der Waals surface area contributed by atoms with E-state index in [4.69, 9.17) is 5.73 Å². The van der Waals surface area contributed by atoms with E-state index < -0.39 is 5.91 Å². The van der Waals surface area contributed by atoms with Crippen LogP contribution in [0.15, 0.2) is 18.5 Å². The molecule has 1 amide bonds. The number of rotatable bonds is 2. The van der Waals surface area contributed by atoms with Gasteiger partial charge in [-0.1, -0.05) is 0 Å². The zero-order valence-electron chi connectivity index (χ0n) is 10.0. The van der Waals surface area contributed by atoms with E-state index in [1.165, 1.54) is 12.4 Å². The molecule has 2 heterocycles. The summed E-state index contributed by atoms with van der Waals surface area (Å²) < 4.78 is 0. The Hall–Kier alpha value is -2.57. The van der Waals surface area contributed by atoms with Crippen molar-refractivity contribution in [3.63, 3.8) is 0 Å². The zero-order chi connectivity index (χ0) is 13.1. The van der Waals surface area contributed by atoms with E-state index in [0.717, 1.165) is 11.4 Å². The van der Waals surface area contributed by atoms with Crippen molar-refractivity contribution in [2.75, 3.05) is 11.1 Å². The van der Waals surface area contributed by atoms with Crippen LogP contribution < -0.4 is 11.1 Å². The molecule has 0 spiro atoms. The number of carbonyl (C=O) groups excluding carboxylic acids is 1. The van der Waals surface area contributed by atoms with Gasteiger partial charge >= 0.3 is 0 Å². The zero-order valence-corrected chi connectivity index (χ0v) is 10.0. The number of hydrogen-bond acceptors (Lipinski definition) is 6. The summed E-state index contributed by atoms with van der Waals surface area (Å²) in [5, 5.41) is 2.55. The summed E-state index contributed by atoms with van der Waals surface area (Å²) in [6, 6.07) is 1.82. The van der Waals surface area contributed by atoms with Crippen molar-refractivity contribution in [2.24, 2.45) is 0 Å². The summed E-state index contributed by atoms with van der Waals surface area (Å²) in [6.45, 7) is 3.65. The van der Waals surface area contributed by atoms with Crippen molar-refractivity contribution in [3.05, 3.63) is 35.5 Å². The molecule has 0 fully saturated rings. The largest absolute Gasteiger partial charge is 0.382 e. The lowest BCUT2D eigenvalue weighted by Crippen LogP contribution is -2.17. The summed E-state index contributed by atoms with van der Waals surface area (Å²) in [7, 11) is 0. The number of nitrogens with one attached hydrogen (secondary N) is 1. The molecular weight excluding hydrogens is 232 g/mol. The van der Waals surface area contributed by atoms with Crippen LogP contribution in [0.4, 0.5) is 11.8 Å². The van der Waals surface area contributed by atoms with Gasteiger partial charge in [0.2, 0.25) is 5.95 Å². The van der Waals surface area contributed by atoms with Gasteiger partial charge in [-0.05, 0) is 19.9 Å². The molecule has 2 rings (SSSR count). The van der Waals surface area contributed by atoms with Gasteiger partial charge in [0.15, 0.2) is 0 Å². The fourth-order valence-corrected chi connectivity index (χ4v) is 1.44. The van der Waals surface area contributed by atoms with Crippen LogP contribution in [0.2, 0.25) is 0 Å². The predicted molar refractivity (Wildman–Crippen MR) is 65.9 cm³/mol. The highest BCUT2D eigenvalue weighted by molar-refractivity contribution is 6.01. The molecule has 0 atom stereocenters. The van der Waals surface area contributed by atoms with Crippen LogP contribution in [-0.2, 0) is 0 Å². The first-order valence-electron chi connectivity index (χ1n) is 5.26. The van der Waals surface area contributed by atoms with Crippen molar-refractivity contribution >= 4 is 17.7 Å². The second-order valence-electron chi connectivity index (χ2n) is 3.76. The highest BCUT2D eigenvalue weighted by Crippen LogP contribution is 2.06. The summed E-state index contributed by atoms with van der Waals surface area (Å²) >= 11 is 0. The Bertz CT molecular complexity index is 578. The summed E-state index contributed by atoms with van der Waals surface area (Å²) in [5.74, 6) is -0.0227. The molecule has 7 heteroatoms. The van der Waals surface area contributed by atoms with Crippen LogP contribution in [0.5, 0.6) is 0 Å². The van der Waals surface area contributed by atoms with Crippen molar-refractivity contribution < 1.29 is 4.79 Å². The molecule has 0 aliphatic carbocycles. The van der Waals surface area contributed by atoms with E-state index in [9.17, 15) is 4.79 Å². The van der Waals surface area contributed by atoms with Crippen LogP contribution in [0, 0.1) is 13.8 Å². The molecule has 0 aliphatic heterocycles. The number of carbonyl (C=O) groups is 1. The Morgan fingerprint density at radius 3 is 2.44 bits per heavy atom. The maximum atomic E-state index is 11.8. The Labute approximate surface area is 104 Å². The predicted octanol–water partition coefficient (Wildman–Crippen LogP) is 0.718. The Morgan fingerprint density at radius 2 is 1.83 bits per heavy atom. The third-order valence-corrected chi connectivity index (χ3v) is 2.09. The number of anilines is 2. The van der Waals surface area contributed by atoms with Crippen LogP contribution >= 0.6 is 0 Å². The van der Waals surface area contributed by atoms with Gasteiger partial charge in [0.1, 0.15) is 11.5 Å². The lowest BCUT2D eigenvalue weighted by Gasteiger charge is -2.05. The van der Waals surface area contributed by atoms with Gasteiger partial charge in [-0.15, -0.1) is 0 Å². The lowest BCUT2D eigenvalue weighted by molar-refractivity contribution is 0.102. The molecule has 0 aliphatic rings. The van der Waals surface area contributed by atoms with Crippen molar-refractivity contribution in [3.8, 4) is 0 Å². The minimum absolute atomic E-state index is 0.123. The Kier molecular flexibility index (Phi) is 3.13. The molecular formula is C11H12N6O. The monoisotopic (exact) mass is 244 g/mol. The minimum atomic E-state index is -0.445. The molecule has 0 saturated heterocycles. The molecule has 3 N–H and O–H groups in total. The fourth-order valence-electron chi connectivity index (χ4n) is 1.44. The van der Waals surface area contributed by atoms with Gasteiger partial charge in [-0.2, -0.15) is 0 Å². The molecule has 2 aromatic heterocycles. The standard InChI is InChI=1S/C11H12N6O/c1-6-3-7(2)15-11(14-6)17-10(18)8-4-13-5-9(12)16-8/h3-5H,1-2H3,(H2,12,16)(H,14,15,17,18). The maximum absolute atomic E-state index is 11.8. The van der Waals surface area contributed by atoms with E-state index >= 15 is 0 Å². The molecule has 92 valence electrons. The first kappa shape index (κ1) is 11.9. The van der Waals surface area contributed by atoms with Gasteiger partial charge < -0.3 is 5.73 Å². The van der Waals surface area contributed by atoms with E-state index in [-0.39, 0.29) is 17.5 Å². The fraction of sp³-hybridized carbons (Fsp3) is 0.182. The third-order valence-electron chi connectivity index (χ3n) is 2.09. The van der Waals surface area contributed by atoms with Gasteiger partial charge in [0.05, 0.1) is 12.4 Å². The van der Waals surface area contributed by atoms with E-state index in [1.807, 2.05) is 19.9 Å². The average Bonchev–Trinajstić information content (AvgIpc) is 2.27. The molecule has 18 heavy (non-hydrogen) atoms. The van der Waals surface area contributed by atoms with Crippen molar-refractivity contribution in [2.45, 2.75) is 13.8 Å². The number of hydrogen-bond donors (Lipinski definition) is 2.